The standard InChI is InChI=1S/C21H33F2N5/c1-14(2)15-3-5-28(6-4-15)20-25-11-18(12-26-20)27-17-9-21(10-17)7-16(8-21)24-13-19(22)23/h11-12,14-17,19,24,27H,3-10,13H2,1-2H3. The van der Waals surface area contributed by atoms with Crippen LogP contribution in [0.5, 0.6) is 0 Å². The summed E-state index contributed by atoms with van der Waals surface area (Å²) < 4.78 is 24.5. The Bertz CT molecular complexity index is 629. The average Bonchev–Trinajstić information content (AvgIpc) is 2.62. The minimum atomic E-state index is -2.25. The van der Waals surface area contributed by atoms with Crippen LogP contribution in [0.4, 0.5) is 20.4 Å². The van der Waals surface area contributed by atoms with Crippen LogP contribution in [0.1, 0.15) is 52.4 Å². The molecule has 2 N–H and O–H groups in total. The fourth-order valence-corrected chi connectivity index (χ4v) is 5.37. The van der Waals surface area contributed by atoms with Crippen LogP contribution in [0.3, 0.4) is 0 Å². The Morgan fingerprint density at radius 1 is 1.07 bits per heavy atom. The van der Waals surface area contributed by atoms with Crippen LogP contribution in [0.2, 0.25) is 0 Å². The van der Waals surface area contributed by atoms with Crippen LogP contribution in [0.25, 0.3) is 0 Å². The maximum absolute atomic E-state index is 12.3. The molecule has 28 heavy (non-hydrogen) atoms. The maximum atomic E-state index is 12.3. The fraction of sp³-hybridized carbons (Fsp3) is 0.810. The van der Waals surface area contributed by atoms with E-state index in [4.69, 9.17) is 0 Å². The molecule has 2 saturated carbocycles. The van der Waals surface area contributed by atoms with Crippen LogP contribution < -0.4 is 15.5 Å². The number of rotatable bonds is 7. The van der Waals surface area contributed by atoms with Crippen LogP contribution in [0, 0.1) is 17.3 Å². The van der Waals surface area contributed by atoms with Gasteiger partial charge in [-0.1, -0.05) is 13.8 Å². The van der Waals surface area contributed by atoms with Gasteiger partial charge in [0.25, 0.3) is 6.43 Å². The van der Waals surface area contributed by atoms with E-state index >= 15 is 0 Å². The molecule has 1 aromatic rings. The molecule has 2 heterocycles. The zero-order valence-electron chi connectivity index (χ0n) is 17.0. The topological polar surface area (TPSA) is 53.1 Å². The van der Waals surface area contributed by atoms with Crippen molar-refractivity contribution in [3.05, 3.63) is 12.4 Å². The Morgan fingerprint density at radius 3 is 2.25 bits per heavy atom. The van der Waals surface area contributed by atoms with Gasteiger partial charge in [0, 0.05) is 25.2 Å². The van der Waals surface area contributed by atoms with Gasteiger partial charge in [-0.3, -0.25) is 0 Å². The first-order valence-corrected chi connectivity index (χ1v) is 10.8. The Hall–Kier alpha value is -1.50. The summed E-state index contributed by atoms with van der Waals surface area (Å²) in [5, 5.41) is 6.49. The van der Waals surface area contributed by atoms with E-state index in [0.717, 1.165) is 62.2 Å². The summed E-state index contributed by atoms with van der Waals surface area (Å²) in [5.74, 6) is 2.41. The van der Waals surface area contributed by atoms with Crippen LogP contribution in [0.15, 0.2) is 12.4 Å². The summed E-state index contributed by atoms with van der Waals surface area (Å²) in [7, 11) is 0. The van der Waals surface area contributed by atoms with Gasteiger partial charge in [0.05, 0.1) is 24.6 Å². The number of hydrogen-bond acceptors (Lipinski definition) is 5. The molecule has 0 amide bonds. The van der Waals surface area contributed by atoms with Crippen molar-refractivity contribution in [2.75, 3.05) is 29.9 Å². The number of halogens is 2. The Kier molecular flexibility index (Phi) is 5.72. The lowest BCUT2D eigenvalue weighted by atomic mass is 9.52. The van der Waals surface area contributed by atoms with Crippen molar-refractivity contribution < 1.29 is 8.78 Å². The molecule has 7 heteroatoms. The highest BCUT2D eigenvalue weighted by atomic mass is 19.3. The molecule has 156 valence electrons. The molecule has 5 nitrogen and oxygen atoms in total. The Balaban J connectivity index is 1.18. The maximum Gasteiger partial charge on any atom is 0.250 e. The van der Waals surface area contributed by atoms with E-state index in [9.17, 15) is 8.78 Å². The predicted molar refractivity (Wildman–Crippen MR) is 108 cm³/mol. The number of aromatic nitrogens is 2. The largest absolute Gasteiger partial charge is 0.380 e. The molecule has 1 spiro atoms. The number of nitrogens with zero attached hydrogens (tertiary/aromatic N) is 3. The van der Waals surface area contributed by atoms with Gasteiger partial charge in [-0.25, -0.2) is 18.7 Å². The van der Waals surface area contributed by atoms with Crippen LogP contribution >= 0.6 is 0 Å². The normalized spacial score (nSPS) is 30.6. The molecule has 0 aromatic carbocycles. The average molecular weight is 394 g/mol. The van der Waals surface area contributed by atoms with Crippen molar-refractivity contribution in [3.8, 4) is 0 Å². The monoisotopic (exact) mass is 393 g/mol. The van der Waals surface area contributed by atoms with Gasteiger partial charge in [-0.15, -0.1) is 0 Å². The molecule has 1 aromatic heterocycles. The molecular weight excluding hydrogens is 360 g/mol. The first-order chi connectivity index (χ1) is 13.4. The van der Waals surface area contributed by atoms with Crippen molar-refractivity contribution in [1.29, 1.82) is 0 Å². The lowest BCUT2D eigenvalue weighted by Gasteiger charge is -2.58. The molecule has 0 bridgehead atoms. The second kappa shape index (κ2) is 8.09. The molecule has 4 rings (SSSR count). The Labute approximate surface area is 166 Å². The summed E-state index contributed by atoms with van der Waals surface area (Å²) in [5.41, 5.74) is 1.35. The minimum Gasteiger partial charge on any atom is -0.380 e. The molecule has 0 radical (unpaired) electrons. The van der Waals surface area contributed by atoms with Gasteiger partial charge >= 0.3 is 0 Å². The zero-order valence-corrected chi connectivity index (χ0v) is 17.0. The molecule has 1 saturated heterocycles. The van der Waals surface area contributed by atoms with E-state index in [1.807, 2.05) is 12.4 Å². The summed E-state index contributed by atoms with van der Waals surface area (Å²) in [4.78, 5) is 11.5. The molecular formula is C21H33F2N5. The summed E-state index contributed by atoms with van der Waals surface area (Å²) >= 11 is 0. The molecule has 3 aliphatic rings. The van der Waals surface area contributed by atoms with Gasteiger partial charge in [-0.2, -0.15) is 0 Å². The van der Waals surface area contributed by atoms with Crippen molar-refractivity contribution in [1.82, 2.24) is 15.3 Å². The van der Waals surface area contributed by atoms with Crippen molar-refractivity contribution in [3.63, 3.8) is 0 Å². The predicted octanol–water partition coefficient (Wildman–Crippen LogP) is 3.93. The zero-order chi connectivity index (χ0) is 19.7. The van der Waals surface area contributed by atoms with Gasteiger partial charge in [0.2, 0.25) is 5.95 Å². The molecule has 0 unspecified atom stereocenters. The first kappa shape index (κ1) is 19.8. The molecule has 1 aliphatic heterocycles. The second-order valence-corrected chi connectivity index (χ2v) is 9.49. The summed E-state index contributed by atoms with van der Waals surface area (Å²) in [6.07, 6.45) is 8.27. The molecule has 0 atom stereocenters. The van der Waals surface area contributed by atoms with E-state index in [1.54, 1.807) is 0 Å². The summed E-state index contributed by atoms with van der Waals surface area (Å²) in [6, 6.07) is 0.727. The summed E-state index contributed by atoms with van der Waals surface area (Å²) in [6.45, 7) is 6.53. The number of piperidine rings is 1. The second-order valence-electron chi connectivity index (χ2n) is 9.49. The van der Waals surface area contributed by atoms with E-state index in [1.165, 1.54) is 12.8 Å². The first-order valence-electron chi connectivity index (χ1n) is 10.8. The number of hydrogen-bond donors (Lipinski definition) is 2. The van der Waals surface area contributed by atoms with Gasteiger partial charge in [0.1, 0.15) is 0 Å². The SMILES string of the molecule is CC(C)C1CCN(c2ncc(NC3CC4(CC(NCC(F)F)C4)C3)cn2)CC1. The highest BCUT2D eigenvalue weighted by Crippen LogP contribution is 2.56. The van der Waals surface area contributed by atoms with E-state index in [0.29, 0.717) is 11.5 Å². The van der Waals surface area contributed by atoms with Gasteiger partial charge < -0.3 is 15.5 Å². The third-order valence-corrected chi connectivity index (χ3v) is 7.05. The van der Waals surface area contributed by atoms with E-state index in [-0.39, 0.29) is 12.6 Å². The van der Waals surface area contributed by atoms with Crippen molar-refractivity contribution in [2.24, 2.45) is 17.3 Å². The molecule has 2 aliphatic carbocycles. The van der Waals surface area contributed by atoms with Gasteiger partial charge in [0.15, 0.2) is 0 Å². The third kappa shape index (κ3) is 4.39. The van der Waals surface area contributed by atoms with Crippen LogP contribution in [-0.2, 0) is 0 Å². The number of nitrogens with one attached hydrogen (secondary N) is 2. The fourth-order valence-electron chi connectivity index (χ4n) is 5.37. The van der Waals surface area contributed by atoms with E-state index < -0.39 is 6.43 Å². The lowest BCUT2D eigenvalue weighted by Crippen LogP contribution is -2.58. The van der Waals surface area contributed by atoms with Crippen molar-refractivity contribution in [2.45, 2.75) is 70.9 Å². The lowest BCUT2D eigenvalue weighted by molar-refractivity contribution is -0.0170. The van der Waals surface area contributed by atoms with Crippen LogP contribution in [-0.4, -0.2) is 48.1 Å². The van der Waals surface area contributed by atoms with Crippen molar-refractivity contribution >= 4 is 11.6 Å². The van der Waals surface area contributed by atoms with E-state index in [2.05, 4.69) is 39.3 Å². The highest BCUT2D eigenvalue weighted by Gasteiger charge is 2.52. The number of alkyl halides is 2. The Morgan fingerprint density at radius 2 is 1.68 bits per heavy atom. The third-order valence-electron chi connectivity index (χ3n) is 7.05. The smallest absolute Gasteiger partial charge is 0.250 e. The highest BCUT2D eigenvalue weighted by molar-refractivity contribution is 5.44. The quantitative estimate of drug-likeness (QED) is 0.735. The van der Waals surface area contributed by atoms with Gasteiger partial charge in [-0.05, 0) is 55.8 Å². The molecule has 3 fully saturated rings. The minimum absolute atomic E-state index is 0.179. The number of anilines is 2.